The van der Waals surface area contributed by atoms with Crippen LogP contribution in [0.15, 0.2) is 0 Å². The van der Waals surface area contributed by atoms with Crippen molar-refractivity contribution in [3.8, 4) is 0 Å². The van der Waals surface area contributed by atoms with Crippen molar-refractivity contribution in [2.24, 2.45) is 5.41 Å². The summed E-state index contributed by atoms with van der Waals surface area (Å²) < 4.78 is 0. The van der Waals surface area contributed by atoms with Crippen LogP contribution in [0.5, 0.6) is 0 Å². The molecule has 2 amide bonds. The van der Waals surface area contributed by atoms with Crippen LogP contribution in [0.2, 0.25) is 0 Å². The molecule has 1 heterocycles. The molecule has 5 nitrogen and oxygen atoms in total. The molecule has 0 aliphatic carbocycles. The SMILES string of the molecule is CCCC1(C(=O)NCC(=O)N(C)C)CCNCC1. The van der Waals surface area contributed by atoms with E-state index in [1.165, 1.54) is 4.90 Å². The zero-order chi connectivity index (χ0) is 13.6. The van der Waals surface area contributed by atoms with Gasteiger partial charge < -0.3 is 15.5 Å². The van der Waals surface area contributed by atoms with E-state index in [0.717, 1.165) is 38.8 Å². The molecule has 0 aromatic heterocycles. The minimum atomic E-state index is -0.271. The highest BCUT2D eigenvalue weighted by Crippen LogP contribution is 2.34. The molecular formula is C13H25N3O2. The monoisotopic (exact) mass is 255 g/mol. The second-order valence-corrected chi connectivity index (χ2v) is 5.25. The Labute approximate surface area is 109 Å². The van der Waals surface area contributed by atoms with Crippen molar-refractivity contribution in [1.82, 2.24) is 15.5 Å². The fraction of sp³-hybridized carbons (Fsp3) is 0.846. The minimum absolute atomic E-state index is 0.0426. The van der Waals surface area contributed by atoms with Gasteiger partial charge in [0.1, 0.15) is 0 Å². The molecule has 1 fully saturated rings. The summed E-state index contributed by atoms with van der Waals surface area (Å²) in [5.41, 5.74) is -0.271. The second kappa shape index (κ2) is 6.73. The number of piperidine rings is 1. The minimum Gasteiger partial charge on any atom is -0.347 e. The van der Waals surface area contributed by atoms with Crippen LogP contribution in [0.3, 0.4) is 0 Å². The summed E-state index contributed by atoms with van der Waals surface area (Å²) in [5, 5.41) is 6.08. The Hall–Kier alpha value is -1.10. The summed E-state index contributed by atoms with van der Waals surface area (Å²) in [6, 6.07) is 0. The lowest BCUT2D eigenvalue weighted by Gasteiger charge is -2.36. The summed E-state index contributed by atoms with van der Waals surface area (Å²) >= 11 is 0. The van der Waals surface area contributed by atoms with Crippen molar-refractivity contribution in [2.75, 3.05) is 33.7 Å². The van der Waals surface area contributed by atoms with E-state index in [1.807, 2.05) is 0 Å². The molecule has 0 atom stereocenters. The number of carbonyl (C=O) groups is 2. The van der Waals surface area contributed by atoms with Gasteiger partial charge in [-0.15, -0.1) is 0 Å². The van der Waals surface area contributed by atoms with Crippen molar-refractivity contribution in [1.29, 1.82) is 0 Å². The van der Waals surface area contributed by atoms with Gasteiger partial charge in [-0.1, -0.05) is 13.3 Å². The molecule has 18 heavy (non-hydrogen) atoms. The number of rotatable bonds is 5. The first kappa shape index (κ1) is 15.0. The van der Waals surface area contributed by atoms with Gasteiger partial charge in [-0.3, -0.25) is 9.59 Å². The molecule has 1 aliphatic rings. The van der Waals surface area contributed by atoms with Crippen LogP contribution < -0.4 is 10.6 Å². The molecule has 5 heteroatoms. The lowest BCUT2D eigenvalue weighted by Crippen LogP contribution is -2.49. The van der Waals surface area contributed by atoms with E-state index < -0.39 is 0 Å². The van der Waals surface area contributed by atoms with Crippen LogP contribution in [0.25, 0.3) is 0 Å². The molecule has 0 spiro atoms. The molecule has 2 N–H and O–H groups in total. The first-order valence-electron chi connectivity index (χ1n) is 6.71. The van der Waals surface area contributed by atoms with Crippen molar-refractivity contribution in [3.63, 3.8) is 0 Å². The predicted octanol–water partition coefficient (Wildman–Crippen LogP) is 0.361. The highest BCUT2D eigenvalue weighted by atomic mass is 16.2. The summed E-state index contributed by atoms with van der Waals surface area (Å²) in [6.07, 6.45) is 3.62. The molecule has 1 rings (SSSR count). The number of hydrogen-bond donors (Lipinski definition) is 2. The molecule has 0 bridgehead atoms. The predicted molar refractivity (Wildman–Crippen MR) is 71.1 cm³/mol. The van der Waals surface area contributed by atoms with E-state index in [-0.39, 0.29) is 23.8 Å². The van der Waals surface area contributed by atoms with Crippen LogP contribution in [-0.2, 0) is 9.59 Å². The molecule has 0 aromatic carbocycles. The fourth-order valence-corrected chi connectivity index (χ4v) is 2.48. The van der Waals surface area contributed by atoms with Crippen LogP contribution in [0.4, 0.5) is 0 Å². The van der Waals surface area contributed by atoms with E-state index in [0.29, 0.717) is 0 Å². The smallest absolute Gasteiger partial charge is 0.241 e. The Morgan fingerprint density at radius 3 is 2.39 bits per heavy atom. The average molecular weight is 255 g/mol. The second-order valence-electron chi connectivity index (χ2n) is 5.25. The molecule has 0 radical (unpaired) electrons. The fourth-order valence-electron chi connectivity index (χ4n) is 2.48. The van der Waals surface area contributed by atoms with Gasteiger partial charge in [-0.2, -0.15) is 0 Å². The Balaban J connectivity index is 2.57. The molecule has 1 saturated heterocycles. The maximum Gasteiger partial charge on any atom is 0.241 e. The number of nitrogens with zero attached hydrogens (tertiary/aromatic N) is 1. The van der Waals surface area contributed by atoms with Crippen LogP contribution >= 0.6 is 0 Å². The standard InChI is InChI=1S/C13H25N3O2/c1-4-5-13(6-8-14-9-7-13)12(18)15-10-11(17)16(2)3/h14H,4-10H2,1-3H3,(H,15,18). The highest BCUT2D eigenvalue weighted by molar-refractivity contribution is 5.87. The van der Waals surface area contributed by atoms with Crippen molar-refractivity contribution < 1.29 is 9.59 Å². The molecule has 0 saturated carbocycles. The lowest BCUT2D eigenvalue weighted by atomic mass is 9.74. The van der Waals surface area contributed by atoms with Gasteiger partial charge in [-0.25, -0.2) is 0 Å². The zero-order valence-electron chi connectivity index (χ0n) is 11.7. The van der Waals surface area contributed by atoms with Crippen LogP contribution in [0.1, 0.15) is 32.6 Å². The Morgan fingerprint density at radius 2 is 1.89 bits per heavy atom. The highest BCUT2D eigenvalue weighted by Gasteiger charge is 2.38. The third-order valence-corrected chi connectivity index (χ3v) is 3.67. The van der Waals surface area contributed by atoms with E-state index in [2.05, 4.69) is 17.6 Å². The van der Waals surface area contributed by atoms with E-state index in [4.69, 9.17) is 0 Å². The number of amides is 2. The number of likely N-dealkylation sites (N-methyl/N-ethyl adjacent to an activating group) is 1. The van der Waals surface area contributed by atoms with Gasteiger partial charge in [-0.05, 0) is 32.4 Å². The third kappa shape index (κ3) is 3.70. The first-order valence-corrected chi connectivity index (χ1v) is 6.71. The van der Waals surface area contributed by atoms with Crippen LogP contribution in [-0.4, -0.2) is 50.4 Å². The molecule has 104 valence electrons. The van der Waals surface area contributed by atoms with Gasteiger partial charge >= 0.3 is 0 Å². The molecular weight excluding hydrogens is 230 g/mol. The normalized spacial score (nSPS) is 18.2. The van der Waals surface area contributed by atoms with Crippen LogP contribution in [0, 0.1) is 5.41 Å². The molecule has 1 aliphatic heterocycles. The van der Waals surface area contributed by atoms with Crippen molar-refractivity contribution in [3.05, 3.63) is 0 Å². The van der Waals surface area contributed by atoms with Gasteiger partial charge in [0.25, 0.3) is 0 Å². The maximum absolute atomic E-state index is 12.3. The quantitative estimate of drug-likeness (QED) is 0.746. The summed E-state index contributed by atoms with van der Waals surface area (Å²) in [6.45, 7) is 3.97. The topological polar surface area (TPSA) is 61.4 Å². The largest absolute Gasteiger partial charge is 0.347 e. The number of carbonyl (C=O) groups excluding carboxylic acids is 2. The van der Waals surface area contributed by atoms with Crippen molar-refractivity contribution in [2.45, 2.75) is 32.6 Å². The third-order valence-electron chi connectivity index (χ3n) is 3.67. The van der Waals surface area contributed by atoms with Gasteiger partial charge in [0.05, 0.1) is 12.0 Å². The summed E-state index contributed by atoms with van der Waals surface area (Å²) in [5.74, 6) is -0.0232. The number of hydrogen-bond acceptors (Lipinski definition) is 3. The van der Waals surface area contributed by atoms with E-state index >= 15 is 0 Å². The Morgan fingerprint density at radius 1 is 1.28 bits per heavy atom. The molecule has 0 unspecified atom stereocenters. The van der Waals surface area contributed by atoms with Gasteiger partial charge in [0.2, 0.25) is 11.8 Å². The summed E-state index contributed by atoms with van der Waals surface area (Å²) in [4.78, 5) is 25.3. The van der Waals surface area contributed by atoms with E-state index in [1.54, 1.807) is 14.1 Å². The lowest BCUT2D eigenvalue weighted by molar-refractivity contribution is -0.136. The molecule has 0 aromatic rings. The summed E-state index contributed by atoms with van der Waals surface area (Å²) in [7, 11) is 3.39. The Bertz CT molecular complexity index is 291. The maximum atomic E-state index is 12.3. The average Bonchev–Trinajstić information content (AvgIpc) is 2.36. The Kier molecular flexibility index (Phi) is 5.59. The van der Waals surface area contributed by atoms with Gasteiger partial charge in [0.15, 0.2) is 0 Å². The van der Waals surface area contributed by atoms with Gasteiger partial charge in [0, 0.05) is 14.1 Å². The number of nitrogens with one attached hydrogen (secondary N) is 2. The van der Waals surface area contributed by atoms with Crippen molar-refractivity contribution >= 4 is 11.8 Å². The first-order chi connectivity index (χ1) is 8.52. The van der Waals surface area contributed by atoms with E-state index in [9.17, 15) is 9.59 Å². The zero-order valence-corrected chi connectivity index (χ0v) is 11.7.